The Morgan fingerprint density at radius 3 is 3.19 bits per heavy atom. The second kappa shape index (κ2) is 6.09. The molecule has 3 N–H and O–H groups in total. The van der Waals surface area contributed by atoms with Crippen LogP contribution in [0.1, 0.15) is 30.1 Å². The first-order valence-corrected chi connectivity index (χ1v) is 7.26. The highest BCUT2D eigenvalue weighted by molar-refractivity contribution is 6.07. The van der Waals surface area contributed by atoms with Gasteiger partial charge in [0.05, 0.1) is 17.6 Å². The number of rotatable bonds is 4. The maximum Gasteiger partial charge on any atom is 0.340 e. The van der Waals surface area contributed by atoms with Gasteiger partial charge in [0, 0.05) is 18.8 Å². The molecule has 1 fully saturated rings. The number of aromatic nitrogens is 3. The molecule has 0 spiro atoms. The van der Waals surface area contributed by atoms with Gasteiger partial charge in [0.25, 0.3) is 0 Å². The van der Waals surface area contributed by atoms with Crippen LogP contribution < -0.4 is 10.6 Å². The number of nitrogens with zero attached hydrogens (tertiary/aromatic N) is 2. The zero-order valence-corrected chi connectivity index (χ0v) is 12.0. The van der Waals surface area contributed by atoms with Gasteiger partial charge >= 0.3 is 5.97 Å². The van der Waals surface area contributed by atoms with E-state index < -0.39 is 0 Å². The fourth-order valence-electron chi connectivity index (χ4n) is 2.61. The summed E-state index contributed by atoms with van der Waals surface area (Å²) in [5.74, 6) is 0.321. The molecule has 21 heavy (non-hydrogen) atoms. The predicted molar refractivity (Wildman–Crippen MR) is 79.4 cm³/mol. The van der Waals surface area contributed by atoms with Crippen LogP contribution in [0.15, 0.2) is 12.5 Å². The van der Waals surface area contributed by atoms with Crippen molar-refractivity contribution in [2.75, 3.05) is 25.0 Å². The number of hydrogen-bond acceptors (Lipinski definition) is 6. The van der Waals surface area contributed by atoms with Gasteiger partial charge in [0.2, 0.25) is 0 Å². The number of hydrogen-bond donors (Lipinski definition) is 3. The molecule has 112 valence electrons. The molecule has 0 aliphatic carbocycles. The summed E-state index contributed by atoms with van der Waals surface area (Å²) < 4.78 is 5.08. The predicted octanol–water partition coefficient (Wildman–Crippen LogP) is 1.30. The van der Waals surface area contributed by atoms with Crippen molar-refractivity contribution < 1.29 is 9.53 Å². The number of carbonyl (C=O) groups is 1. The first-order chi connectivity index (χ1) is 10.3. The second-order valence-corrected chi connectivity index (χ2v) is 5.06. The van der Waals surface area contributed by atoms with E-state index in [1.54, 1.807) is 13.1 Å². The van der Waals surface area contributed by atoms with E-state index in [0.717, 1.165) is 25.9 Å². The van der Waals surface area contributed by atoms with Gasteiger partial charge in [-0.3, -0.25) is 0 Å². The van der Waals surface area contributed by atoms with Crippen molar-refractivity contribution in [1.29, 1.82) is 0 Å². The van der Waals surface area contributed by atoms with Crippen LogP contribution in [-0.4, -0.2) is 46.7 Å². The van der Waals surface area contributed by atoms with Crippen LogP contribution in [0.4, 0.5) is 5.82 Å². The van der Waals surface area contributed by atoms with Gasteiger partial charge in [0.15, 0.2) is 0 Å². The van der Waals surface area contributed by atoms with E-state index in [4.69, 9.17) is 4.74 Å². The summed E-state index contributed by atoms with van der Waals surface area (Å²) in [5.41, 5.74) is 1.11. The Morgan fingerprint density at radius 1 is 1.52 bits per heavy atom. The number of fused-ring (bicyclic) bond motifs is 1. The summed E-state index contributed by atoms with van der Waals surface area (Å²) in [6, 6.07) is 0.307. The van der Waals surface area contributed by atoms with Crippen LogP contribution in [0.3, 0.4) is 0 Å². The Kier molecular flexibility index (Phi) is 4.01. The third-order valence-electron chi connectivity index (χ3n) is 3.60. The zero-order chi connectivity index (χ0) is 14.7. The number of carbonyl (C=O) groups excluding carboxylic acids is 1. The molecule has 2 aromatic rings. The van der Waals surface area contributed by atoms with Crippen molar-refractivity contribution in [3.63, 3.8) is 0 Å². The van der Waals surface area contributed by atoms with Crippen LogP contribution in [0.25, 0.3) is 11.0 Å². The van der Waals surface area contributed by atoms with E-state index in [-0.39, 0.29) is 5.97 Å². The average molecular weight is 289 g/mol. The fraction of sp³-hybridized carbons (Fsp3) is 0.500. The van der Waals surface area contributed by atoms with Gasteiger partial charge in [-0.1, -0.05) is 0 Å². The number of piperidine rings is 1. The summed E-state index contributed by atoms with van der Waals surface area (Å²) in [6.07, 6.45) is 5.33. The SMILES string of the molecule is CCOC(=O)c1c[nH]c2ncnc(N[C@@H]3CCCNC3)c12. The molecule has 0 bridgehead atoms. The Bertz CT molecular complexity index is 633. The van der Waals surface area contributed by atoms with Crippen LogP contribution in [0, 0.1) is 0 Å². The number of H-pyrrole nitrogens is 1. The Labute approximate surface area is 122 Å². The molecule has 7 nitrogen and oxygen atoms in total. The molecule has 1 atom stereocenters. The van der Waals surface area contributed by atoms with Gasteiger partial charge in [-0.2, -0.15) is 0 Å². The number of anilines is 1. The Morgan fingerprint density at radius 2 is 2.43 bits per heavy atom. The van der Waals surface area contributed by atoms with Gasteiger partial charge in [0.1, 0.15) is 17.8 Å². The summed E-state index contributed by atoms with van der Waals surface area (Å²) in [7, 11) is 0. The number of esters is 1. The topological polar surface area (TPSA) is 91.9 Å². The standard InChI is InChI=1S/C14H19N5O2/c1-2-21-14(20)10-7-16-12-11(10)13(18-8-17-12)19-9-4-3-5-15-6-9/h7-9,15H,2-6H2,1H3,(H2,16,17,18,19)/t9-/m1/s1. The maximum atomic E-state index is 12.0. The van der Waals surface area contributed by atoms with Gasteiger partial charge in [-0.05, 0) is 26.3 Å². The largest absolute Gasteiger partial charge is 0.462 e. The third-order valence-corrected chi connectivity index (χ3v) is 3.60. The minimum absolute atomic E-state index is 0.307. The van der Waals surface area contributed by atoms with Crippen molar-refractivity contribution in [2.45, 2.75) is 25.8 Å². The molecule has 0 radical (unpaired) electrons. The van der Waals surface area contributed by atoms with Crippen molar-refractivity contribution in [3.8, 4) is 0 Å². The second-order valence-electron chi connectivity index (χ2n) is 5.06. The van der Waals surface area contributed by atoms with Gasteiger partial charge in [-0.15, -0.1) is 0 Å². The molecule has 0 aromatic carbocycles. The molecule has 1 saturated heterocycles. The normalized spacial score (nSPS) is 18.6. The van der Waals surface area contributed by atoms with Crippen LogP contribution in [-0.2, 0) is 4.74 Å². The van der Waals surface area contributed by atoms with E-state index in [1.165, 1.54) is 6.33 Å². The highest BCUT2D eigenvalue weighted by atomic mass is 16.5. The van der Waals surface area contributed by atoms with E-state index >= 15 is 0 Å². The smallest absolute Gasteiger partial charge is 0.340 e. The average Bonchev–Trinajstić information content (AvgIpc) is 2.94. The lowest BCUT2D eigenvalue weighted by Gasteiger charge is -2.24. The van der Waals surface area contributed by atoms with E-state index in [1.807, 2.05) is 0 Å². The lowest BCUT2D eigenvalue weighted by atomic mass is 10.1. The summed E-state index contributed by atoms with van der Waals surface area (Å²) in [6.45, 7) is 4.07. The molecule has 0 saturated carbocycles. The number of nitrogens with one attached hydrogen (secondary N) is 3. The molecule has 3 rings (SSSR count). The monoisotopic (exact) mass is 289 g/mol. The molecule has 1 aliphatic heterocycles. The first-order valence-electron chi connectivity index (χ1n) is 7.26. The molecule has 0 unspecified atom stereocenters. The lowest BCUT2D eigenvalue weighted by Crippen LogP contribution is -2.38. The summed E-state index contributed by atoms with van der Waals surface area (Å²) >= 11 is 0. The zero-order valence-electron chi connectivity index (χ0n) is 12.0. The Balaban J connectivity index is 1.93. The van der Waals surface area contributed by atoms with E-state index in [0.29, 0.717) is 35.1 Å². The molecule has 2 aromatic heterocycles. The molecule has 1 aliphatic rings. The minimum Gasteiger partial charge on any atom is -0.462 e. The van der Waals surface area contributed by atoms with Crippen molar-refractivity contribution >= 4 is 22.8 Å². The van der Waals surface area contributed by atoms with Crippen LogP contribution in [0.2, 0.25) is 0 Å². The van der Waals surface area contributed by atoms with Gasteiger partial charge in [-0.25, -0.2) is 14.8 Å². The fourth-order valence-corrected chi connectivity index (χ4v) is 2.61. The van der Waals surface area contributed by atoms with Crippen molar-refractivity contribution in [3.05, 3.63) is 18.1 Å². The van der Waals surface area contributed by atoms with Gasteiger partial charge < -0.3 is 20.4 Å². The van der Waals surface area contributed by atoms with Crippen molar-refractivity contribution in [2.24, 2.45) is 0 Å². The summed E-state index contributed by atoms with van der Waals surface area (Å²) in [5, 5.41) is 7.45. The van der Waals surface area contributed by atoms with E-state index in [2.05, 4.69) is 25.6 Å². The molecular weight excluding hydrogens is 270 g/mol. The molecule has 3 heterocycles. The van der Waals surface area contributed by atoms with Crippen molar-refractivity contribution in [1.82, 2.24) is 20.3 Å². The Hall–Kier alpha value is -2.15. The maximum absolute atomic E-state index is 12.0. The molecule has 7 heteroatoms. The highest BCUT2D eigenvalue weighted by Gasteiger charge is 2.20. The highest BCUT2D eigenvalue weighted by Crippen LogP contribution is 2.25. The quantitative estimate of drug-likeness (QED) is 0.735. The lowest BCUT2D eigenvalue weighted by molar-refractivity contribution is 0.0528. The summed E-state index contributed by atoms with van der Waals surface area (Å²) in [4.78, 5) is 23.5. The third kappa shape index (κ3) is 2.82. The van der Waals surface area contributed by atoms with Crippen LogP contribution >= 0.6 is 0 Å². The minimum atomic E-state index is -0.358. The van der Waals surface area contributed by atoms with Crippen LogP contribution in [0.5, 0.6) is 0 Å². The first kappa shape index (κ1) is 13.8. The number of aromatic amines is 1. The molecule has 0 amide bonds. The molecular formula is C14H19N5O2. The number of ether oxygens (including phenoxy) is 1. The van der Waals surface area contributed by atoms with E-state index in [9.17, 15) is 4.79 Å².